The fourth-order valence-corrected chi connectivity index (χ4v) is 2.29. The van der Waals surface area contributed by atoms with Crippen LogP contribution in [0, 0.1) is 13.8 Å². The Morgan fingerprint density at radius 2 is 1.67 bits per heavy atom. The predicted octanol–water partition coefficient (Wildman–Crippen LogP) is 3.84. The Morgan fingerprint density at radius 1 is 1.06 bits per heavy atom. The van der Waals surface area contributed by atoms with E-state index in [9.17, 15) is 0 Å². The van der Waals surface area contributed by atoms with Crippen LogP contribution < -0.4 is 4.74 Å². The number of benzene rings is 1. The number of rotatable bonds is 8. The Bertz CT molecular complexity index is 330. The number of hydrogen-bond donors (Lipinski definition) is 0. The van der Waals surface area contributed by atoms with Gasteiger partial charge in [-0.2, -0.15) is 11.8 Å². The molecule has 1 rings (SSSR count). The molecule has 0 amide bonds. The molecule has 3 heteroatoms. The number of thioether (sulfide) groups is 1. The van der Waals surface area contributed by atoms with Gasteiger partial charge in [0.2, 0.25) is 0 Å². The van der Waals surface area contributed by atoms with E-state index in [1.54, 1.807) is 0 Å². The number of aryl methyl sites for hydroxylation is 2. The zero-order valence-electron chi connectivity index (χ0n) is 11.9. The highest BCUT2D eigenvalue weighted by Gasteiger charge is 2.02. The molecule has 1 aromatic rings. The summed E-state index contributed by atoms with van der Waals surface area (Å²) in [6.45, 7) is 9.89. The first kappa shape index (κ1) is 15.4. The molecule has 2 nitrogen and oxygen atoms in total. The molecule has 0 unspecified atom stereocenters. The molecule has 0 atom stereocenters. The van der Waals surface area contributed by atoms with Gasteiger partial charge in [0.05, 0.1) is 19.3 Å². The van der Waals surface area contributed by atoms with E-state index in [1.807, 2.05) is 11.8 Å². The topological polar surface area (TPSA) is 18.5 Å². The van der Waals surface area contributed by atoms with Crippen LogP contribution in [-0.4, -0.2) is 30.8 Å². The molecule has 0 heterocycles. The lowest BCUT2D eigenvalue weighted by Crippen LogP contribution is -2.08. The van der Waals surface area contributed by atoms with E-state index >= 15 is 0 Å². The maximum atomic E-state index is 5.83. The van der Waals surface area contributed by atoms with Gasteiger partial charge in [-0.15, -0.1) is 0 Å². The van der Waals surface area contributed by atoms with Crippen LogP contribution in [0.5, 0.6) is 5.75 Å². The summed E-state index contributed by atoms with van der Waals surface area (Å²) < 4.78 is 11.3. The van der Waals surface area contributed by atoms with Crippen LogP contribution in [-0.2, 0) is 4.74 Å². The Hall–Kier alpha value is -0.670. The minimum absolute atomic E-state index is 0.330. The van der Waals surface area contributed by atoms with Crippen molar-refractivity contribution < 1.29 is 9.47 Å². The fraction of sp³-hybridized carbons (Fsp3) is 0.600. The third kappa shape index (κ3) is 5.78. The lowest BCUT2D eigenvalue weighted by atomic mass is 10.1. The first-order chi connectivity index (χ1) is 8.61. The van der Waals surface area contributed by atoms with E-state index in [0.29, 0.717) is 6.10 Å². The molecule has 0 N–H and O–H groups in total. The predicted molar refractivity (Wildman–Crippen MR) is 79.8 cm³/mol. The van der Waals surface area contributed by atoms with Gasteiger partial charge in [0, 0.05) is 11.5 Å². The van der Waals surface area contributed by atoms with Crippen LogP contribution in [0.4, 0.5) is 0 Å². The normalized spacial score (nSPS) is 10.9. The second kappa shape index (κ2) is 8.44. The van der Waals surface area contributed by atoms with Gasteiger partial charge in [0.15, 0.2) is 0 Å². The Balaban J connectivity index is 2.14. The van der Waals surface area contributed by atoms with Gasteiger partial charge in [0.1, 0.15) is 5.75 Å². The minimum Gasteiger partial charge on any atom is -0.492 e. The molecule has 0 aliphatic rings. The summed E-state index contributed by atoms with van der Waals surface area (Å²) in [7, 11) is 0. The quantitative estimate of drug-likeness (QED) is 0.667. The third-order valence-electron chi connectivity index (χ3n) is 2.56. The molecule has 1 aromatic carbocycles. The van der Waals surface area contributed by atoms with Crippen LogP contribution in [0.15, 0.2) is 18.2 Å². The number of hydrogen-bond acceptors (Lipinski definition) is 3. The Kier molecular flexibility index (Phi) is 7.21. The maximum Gasteiger partial charge on any atom is 0.125 e. The van der Waals surface area contributed by atoms with Crippen molar-refractivity contribution in [2.75, 3.05) is 24.7 Å². The summed E-state index contributed by atoms with van der Waals surface area (Å²) in [6.07, 6.45) is 0.330. The van der Waals surface area contributed by atoms with Gasteiger partial charge in [-0.1, -0.05) is 18.2 Å². The highest BCUT2D eigenvalue weighted by Crippen LogP contribution is 2.22. The second-order valence-electron chi connectivity index (χ2n) is 4.60. The zero-order valence-corrected chi connectivity index (χ0v) is 12.7. The summed E-state index contributed by atoms with van der Waals surface area (Å²) >= 11 is 1.88. The average Bonchev–Trinajstić information content (AvgIpc) is 2.30. The maximum absolute atomic E-state index is 5.83. The van der Waals surface area contributed by atoms with Crippen molar-refractivity contribution in [2.45, 2.75) is 33.8 Å². The van der Waals surface area contributed by atoms with Crippen molar-refractivity contribution in [2.24, 2.45) is 0 Å². The smallest absolute Gasteiger partial charge is 0.125 e. The molecule has 0 saturated heterocycles. The van der Waals surface area contributed by atoms with Gasteiger partial charge in [-0.25, -0.2) is 0 Å². The van der Waals surface area contributed by atoms with Crippen LogP contribution in [0.1, 0.15) is 25.0 Å². The molecule has 18 heavy (non-hydrogen) atoms. The van der Waals surface area contributed by atoms with Crippen molar-refractivity contribution >= 4 is 11.8 Å². The SMILES string of the molecule is Cc1cccc(C)c1OCCSCCOC(C)C. The molecule has 0 saturated carbocycles. The lowest BCUT2D eigenvalue weighted by molar-refractivity contribution is 0.0920. The zero-order chi connectivity index (χ0) is 13.4. The van der Waals surface area contributed by atoms with Gasteiger partial charge in [0.25, 0.3) is 0 Å². The van der Waals surface area contributed by atoms with Crippen molar-refractivity contribution in [3.8, 4) is 5.75 Å². The van der Waals surface area contributed by atoms with Crippen molar-refractivity contribution in [1.29, 1.82) is 0 Å². The van der Waals surface area contributed by atoms with E-state index in [2.05, 4.69) is 45.9 Å². The van der Waals surface area contributed by atoms with Crippen LogP contribution in [0.3, 0.4) is 0 Å². The fourth-order valence-electron chi connectivity index (χ4n) is 1.67. The van der Waals surface area contributed by atoms with Gasteiger partial charge < -0.3 is 9.47 Å². The number of para-hydroxylation sites is 1. The van der Waals surface area contributed by atoms with E-state index < -0.39 is 0 Å². The molecule has 0 fully saturated rings. The lowest BCUT2D eigenvalue weighted by Gasteiger charge is -2.12. The average molecular weight is 268 g/mol. The third-order valence-corrected chi connectivity index (χ3v) is 3.47. The minimum atomic E-state index is 0.330. The largest absolute Gasteiger partial charge is 0.492 e. The molecular formula is C15H24O2S. The molecule has 102 valence electrons. The second-order valence-corrected chi connectivity index (χ2v) is 5.83. The van der Waals surface area contributed by atoms with E-state index in [0.717, 1.165) is 30.5 Å². The summed E-state index contributed by atoms with van der Waals surface area (Å²) in [5.41, 5.74) is 2.42. The van der Waals surface area contributed by atoms with Crippen molar-refractivity contribution in [3.05, 3.63) is 29.3 Å². The van der Waals surface area contributed by atoms with E-state index in [-0.39, 0.29) is 0 Å². The summed E-state index contributed by atoms with van der Waals surface area (Å²) in [6, 6.07) is 6.24. The first-order valence-electron chi connectivity index (χ1n) is 6.49. The van der Waals surface area contributed by atoms with Crippen LogP contribution >= 0.6 is 11.8 Å². The van der Waals surface area contributed by atoms with Crippen molar-refractivity contribution in [1.82, 2.24) is 0 Å². The summed E-state index contributed by atoms with van der Waals surface area (Å²) in [5.74, 6) is 3.08. The standard InChI is InChI=1S/C15H24O2S/c1-12(2)16-8-10-18-11-9-17-15-13(3)6-5-7-14(15)4/h5-7,12H,8-11H2,1-4H3. The van der Waals surface area contributed by atoms with Crippen molar-refractivity contribution in [3.63, 3.8) is 0 Å². The van der Waals surface area contributed by atoms with E-state index in [1.165, 1.54) is 11.1 Å². The Labute approximate surface area is 115 Å². The van der Waals surface area contributed by atoms with Gasteiger partial charge in [-0.3, -0.25) is 0 Å². The molecule has 0 spiro atoms. The van der Waals surface area contributed by atoms with Gasteiger partial charge in [-0.05, 0) is 38.8 Å². The monoisotopic (exact) mass is 268 g/mol. The highest BCUT2D eigenvalue weighted by molar-refractivity contribution is 7.99. The molecule has 0 aliphatic heterocycles. The number of ether oxygens (including phenoxy) is 2. The highest BCUT2D eigenvalue weighted by atomic mass is 32.2. The molecule has 0 bridgehead atoms. The van der Waals surface area contributed by atoms with E-state index in [4.69, 9.17) is 9.47 Å². The molecular weight excluding hydrogens is 244 g/mol. The van der Waals surface area contributed by atoms with Gasteiger partial charge >= 0.3 is 0 Å². The molecule has 0 aliphatic carbocycles. The van der Waals surface area contributed by atoms with Crippen LogP contribution in [0.2, 0.25) is 0 Å². The first-order valence-corrected chi connectivity index (χ1v) is 7.65. The Morgan fingerprint density at radius 3 is 2.28 bits per heavy atom. The summed E-state index contributed by atoms with van der Waals surface area (Å²) in [4.78, 5) is 0. The molecule has 0 aromatic heterocycles. The summed E-state index contributed by atoms with van der Waals surface area (Å²) in [5, 5.41) is 0. The van der Waals surface area contributed by atoms with Crippen LogP contribution in [0.25, 0.3) is 0 Å². The molecule has 0 radical (unpaired) electrons.